The van der Waals surface area contributed by atoms with Gasteiger partial charge in [-0.25, -0.2) is 0 Å². The van der Waals surface area contributed by atoms with Crippen molar-refractivity contribution in [1.29, 1.82) is 5.26 Å². The summed E-state index contributed by atoms with van der Waals surface area (Å²) in [6.07, 6.45) is 1.94. The zero-order chi connectivity index (χ0) is 13.5. The van der Waals surface area contributed by atoms with Crippen LogP contribution in [0.1, 0.15) is 17.5 Å². The minimum Gasteiger partial charge on any atom is -0.494 e. The summed E-state index contributed by atoms with van der Waals surface area (Å²) >= 11 is 5.94. The van der Waals surface area contributed by atoms with E-state index in [0.717, 1.165) is 12.8 Å². The molecule has 0 N–H and O–H groups in total. The molecule has 0 fully saturated rings. The molecule has 0 saturated carbocycles. The average molecular weight is 272 g/mol. The van der Waals surface area contributed by atoms with Gasteiger partial charge >= 0.3 is 0 Å². The number of ether oxygens (including phenoxy) is 1. The smallest absolute Gasteiger partial charge is 0.120 e. The lowest BCUT2D eigenvalue weighted by Crippen LogP contribution is -1.99. The van der Waals surface area contributed by atoms with Crippen molar-refractivity contribution < 1.29 is 4.74 Å². The summed E-state index contributed by atoms with van der Waals surface area (Å²) in [5.41, 5.74) is 1.78. The highest BCUT2D eigenvalue weighted by Gasteiger charge is 2.01. The van der Waals surface area contributed by atoms with Crippen molar-refractivity contribution in [3.05, 3.63) is 64.7 Å². The number of rotatable bonds is 5. The summed E-state index contributed by atoms with van der Waals surface area (Å²) in [4.78, 5) is 0. The Hall–Kier alpha value is -1.98. The van der Waals surface area contributed by atoms with Crippen molar-refractivity contribution in [1.82, 2.24) is 0 Å². The fraction of sp³-hybridized carbons (Fsp3) is 0.188. The second-order valence-electron chi connectivity index (χ2n) is 4.19. The maximum absolute atomic E-state index is 8.77. The van der Waals surface area contributed by atoms with Gasteiger partial charge in [0.1, 0.15) is 11.8 Å². The summed E-state index contributed by atoms with van der Waals surface area (Å²) in [6.45, 7) is 0.636. The van der Waals surface area contributed by atoms with Crippen molar-refractivity contribution in [2.75, 3.05) is 6.61 Å². The van der Waals surface area contributed by atoms with E-state index < -0.39 is 0 Å². The minimum absolute atomic E-state index is 0.433. The van der Waals surface area contributed by atoms with E-state index in [1.165, 1.54) is 5.56 Å². The van der Waals surface area contributed by atoms with Gasteiger partial charge in [0.25, 0.3) is 0 Å². The summed E-state index contributed by atoms with van der Waals surface area (Å²) < 4.78 is 5.61. The largest absolute Gasteiger partial charge is 0.494 e. The molecule has 0 amide bonds. The molecule has 0 saturated heterocycles. The molecule has 0 heterocycles. The second kappa shape index (κ2) is 6.82. The van der Waals surface area contributed by atoms with Gasteiger partial charge in [0.2, 0.25) is 0 Å². The van der Waals surface area contributed by atoms with Crippen molar-refractivity contribution in [3.63, 3.8) is 0 Å². The molecule has 0 spiro atoms. The van der Waals surface area contributed by atoms with Crippen LogP contribution < -0.4 is 4.74 Å². The highest BCUT2D eigenvalue weighted by Crippen LogP contribution is 2.22. The van der Waals surface area contributed by atoms with Crippen LogP contribution in [0.25, 0.3) is 0 Å². The average Bonchev–Trinajstić information content (AvgIpc) is 2.45. The molecular weight excluding hydrogens is 258 g/mol. The highest BCUT2D eigenvalue weighted by atomic mass is 35.5. The van der Waals surface area contributed by atoms with E-state index in [-0.39, 0.29) is 0 Å². The fourth-order valence-corrected chi connectivity index (χ4v) is 2.00. The molecule has 0 bridgehead atoms. The van der Waals surface area contributed by atoms with Gasteiger partial charge in [-0.05, 0) is 30.5 Å². The Kier molecular flexibility index (Phi) is 4.83. The Labute approximate surface area is 118 Å². The number of benzene rings is 2. The zero-order valence-electron chi connectivity index (χ0n) is 10.5. The van der Waals surface area contributed by atoms with Crippen LogP contribution in [0, 0.1) is 11.3 Å². The van der Waals surface area contributed by atoms with E-state index in [9.17, 15) is 0 Å². The Balaban J connectivity index is 1.80. The third-order valence-electron chi connectivity index (χ3n) is 2.78. The molecule has 0 unspecified atom stereocenters. The lowest BCUT2D eigenvalue weighted by atomic mass is 10.1. The monoisotopic (exact) mass is 271 g/mol. The minimum atomic E-state index is 0.433. The van der Waals surface area contributed by atoms with Gasteiger partial charge in [0.15, 0.2) is 0 Å². The van der Waals surface area contributed by atoms with Gasteiger partial charge in [-0.3, -0.25) is 0 Å². The number of nitriles is 1. The molecule has 2 aromatic rings. The Bertz CT molecular complexity index is 575. The first kappa shape index (κ1) is 13.5. The van der Waals surface area contributed by atoms with Gasteiger partial charge < -0.3 is 4.74 Å². The van der Waals surface area contributed by atoms with Crippen LogP contribution in [0.2, 0.25) is 5.02 Å². The van der Waals surface area contributed by atoms with Gasteiger partial charge in [-0.1, -0.05) is 41.9 Å². The molecule has 0 aliphatic carbocycles. The van der Waals surface area contributed by atoms with Crippen molar-refractivity contribution in [3.8, 4) is 11.8 Å². The predicted molar refractivity (Wildman–Crippen MR) is 76.4 cm³/mol. The lowest BCUT2D eigenvalue weighted by Gasteiger charge is -2.07. The molecule has 0 aliphatic rings. The van der Waals surface area contributed by atoms with Crippen LogP contribution >= 0.6 is 11.6 Å². The highest BCUT2D eigenvalue weighted by molar-refractivity contribution is 6.31. The molecule has 19 heavy (non-hydrogen) atoms. The van der Waals surface area contributed by atoms with Gasteiger partial charge in [0.05, 0.1) is 17.2 Å². The van der Waals surface area contributed by atoms with E-state index in [0.29, 0.717) is 22.9 Å². The van der Waals surface area contributed by atoms with Crippen molar-refractivity contribution in [2.24, 2.45) is 0 Å². The number of aryl methyl sites for hydroxylation is 1. The molecule has 0 aliphatic heterocycles. The van der Waals surface area contributed by atoms with E-state index >= 15 is 0 Å². The first-order valence-electron chi connectivity index (χ1n) is 6.16. The molecule has 3 heteroatoms. The Morgan fingerprint density at radius 2 is 1.89 bits per heavy atom. The summed E-state index contributed by atoms with van der Waals surface area (Å²) in [5.74, 6) is 0.706. The van der Waals surface area contributed by atoms with Gasteiger partial charge in [-0.2, -0.15) is 5.26 Å². The second-order valence-corrected chi connectivity index (χ2v) is 4.60. The Morgan fingerprint density at radius 1 is 1.11 bits per heavy atom. The van der Waals surface area contributed by atoms with Crippen LogP contribution in [0.3, 0.4) is 0 Å². The summed E-state index contributed by atoms with van der Waals surface area (Å²) in [7, 11) is 0. The molecule has 96 valence electrons. The third-order valence-corrected chi connectivity index (χ3v) is 3.10. The van der Waals surface area contributed by atoms with Gasteiger partial charge in [0, 0.05) is 6.07 Å². The lowest BCUT2D eigenvalue weighted by molar-refractivity contribution is 0.311. The number of nitrogens with zero attached hydrogens (tertiary/aromatic N) is 1. The van der Waals surface area contributed by atoms with Crippen LogP contribution in [0.5, 0.6) is 5.75 Å². The van der Waals surface area contributed by atoms with Crippen LogP contribution in [0.15, 0.2) is 48.5 Å². The zero-order valence-corrected chi connectivity index (χ0v) is 11.2. The normalized spacial score (nSPS) is 9.89. The predicted octanol–water partition coefficient (Wildman–Crippen LogP) is 4.22. The van der Waals surface area contributed by atoms with E-state index in [4.69, 9.17) is 21.6 Å². The number of hydrogen-bond donors (Lipinski definition) is 0. The van der Waals surface area contributed by atoms with Crippen LogP contribution in [0.4, 0.5) is 0 Å². The molecule has 2 aromatic carbocycles. The molecule has 2 rings (SSSR count). The number of halogens is 1. The molecule has 0 radical (unpaired) electrons. The Morgan fingerprint density at radius 3 is 2.58 bits per heavy atom. The van der Waals surface area contributed by atoms with E-state index in [1.807, 2.05) is 24.3 Å². The third kappa shape index (κ3) is 4.01. The van der Waals surface area contributed by atoms with Gasteiger partial charge in [-0.15, -0.1) is 0 Å². The standard InChI is InChI=1S/C16H14ClNO/c17-16-11-15(9-8-14(16)12-18)19-10-4-7-13-5-2-1-3-6-13/h1-3,5-6,8-9,11H,4,7,10H2. The topological polar surface area (TPSA) is 33.0 Å². The maximum Gasteiger partial charge on any atom is 0.120 e. The quantitative estimate of drug-likeness (QED) is 0.763. The van der Waals surface area contributed by atoms with Crippen LogP contribution in [-0.4, -0.2) is 6.61 Å². The van der Waals surface area contributed by atoms with Crippen molar-refractivity contribution in [2.45, 2.75) is 12.8 Å². The van der Waals surface area contributed by atoms with Crippen molar-refractivity contribution >= 4 is 11.6 Å². The van der Waals surface area contributed by atoms with E-state index in [2.05, 4.69) is 12.1 Å². The summed E-state index contributed by atoms with van der Waals surface area (Å²) in [5, 5.41) is 9.21. The van der Waals surface area contributed by atoms with Crippen LogP contribution in [-0.2, 0) is 6.42 Å². The molecule has 0 atom stereocenters. The summed E-state index contributed by atoms with van der Waals surface area (Å²) in [6, 6.07) is 17.5. The molecular formula is C16H14ClNO. The molecule has 2 nitrogen and oxygen atoms in total. The first-order chi connectivity index (χ1) is 9.29. The van der Waals surface area contributed by atoms with E-state index in [1.54, 1.807) is 18.2 Å². The maximum atomic E-state index is 8.77. The fourth-order valence-electron chi connectivity index (χ4n) is 1.79. The first-order valence-corrected chi connectivity index (χ1v) is 6.54. The molecule has 0 aromatic heterocycles. The number of hydrogen-bond acceptors (Lipinski definition) is 2. The SMILES string of the molecule is N#Cc1ccc(OCCCc2ccccc2)cc1Cl.